The lowest BCUT2D eigenvalue weighted by Crippen LogP contribution is -2.52. The van der Waals surface area contributed by atoms with Crippen molar-refractivity contribution in [3.63, 3.8) is 0 Å². The van der Waals surface area contributed by atoms with Gasteiger partial charge in [0.1, 0.15) is 5.75 Å². The van der Waals surface area contributed by atoms with Crippen molar-refractivity contribution in [3.8, 4) is 5.75 Å². The minimum atomic E-state index is 0. The number of ether oxygens (including phenoxy) is 1. The normalized spacial score (nSPS) is 18.0. The summed E-state index contributed by atoms with van der Waals surface area (Å²) >= 11 is 0. The van der Waals surface area contributed by atoms with Crippen LogP contribution < -0.4 is 10.1 Å². The van der Waals surface area contributed by atoms with Crippen LogP contribution in [0, 0.1) is 13.8 Å². The van der Waals surface area contributed by atoms with Gasteiger partial charge in [0, 0.05) is 25.7 Å². The summed E-state index contributed by atoms with van der Waals surface area (Å²) < 4.78 is 5.68. The SMILES string of the molecule is Cc1ccc(OCCC(=O)N2CCNC[C@@H]2C)cc1C.Cl. The minimum absolute atomic E-state index is 0. The summed E-state index contributed by atoms with van der Waals surface area (Å²) in [5.41, 5.74) is 2.47. The van der Waals surface area contributed by atoms with Gasteiger partial charge in [-0.3, -0.25) is 4.79 Å². The number of nitrogens with one attached hydrogen (secondary N) is 1. The van der Waals surface area contributed by atoms with E-state index in [1.54, 1.807) is 0 Å². The summed E-state index contributed by atoms with van der Waals surface area (Å²) in [6.45, 7) is 9.22. The fourth-order valence-corrected chi connectivity index (χ4v) is 2.42. The highest BCUT2D eigenvalue weighted by molar-refractivity contribution is 5.85. The topological polar surface area (TPSA) is 41.6 Å². The number of benzene rings is 1. The molecule has 0 aliphatic carbocycles. The van der Waals surface area contributed by atoms with Crippen molar-refractivity contribution in [1.29, 1.82) is 0 Å². The van der Waals surface area contributed by atoms with Gasteiger partial charge in [-0.1, -0.05) is 6.07 Å². The number of amides is 1. The molecule has 1 aliphatic heterocycles. The first kappa shape index (κ1) is 17.8. The van der Waals surface area contributed by atoms with Gasteiger partial charge in [-0.15, -0.1) is 12.4 Å². The van der Waals surface area contributed by atoms with Crippen molar-refractivity contribution in [2.75, 3.05) is 26.2 Å². The van der Waals surface area contributed by atoms with Crippen LogP contribution in [0.15, 0.2) is 18.2 Å². The highest BCUT2D eigenvalue weighted by Crippen LogP contribution is 2.16. The lowest BCUT2D eigenvalue weighted by molar-refractivity contribution is -0.134. The average Bonchev–Trinajstić information content (AvgIpc) is 2.43. The van der Waals surface area contributed by atoms with Gasteiger partial charge in [-0.05, 0) is 44.0 Å². The summed E-state index contributed by atoms with van der Waals surface area (Å²) in [6, 6.07) is 6.30. The predicted octanol–water partition coefficient (Wildman–Crippen LogP) is 2.31. The van der Waals surface area contributed by atoms with Crippen LogP contribution in [0.25, 0.3) is 0 Å². The maximum Gasteiger partial charge on any atom is 0.226 e. The van der Waals surface area contributed by atoms with Crippen molar-refractivity contribution in [2.24, 2.45) is 0 Å². The molecule has 0 radical (unpaired) electrons. The van der Waals surface area contributed by atoms with Crippen LogP contribution in [0.1, 0.15) is 24.5 Å². The number of piperazine rings is 1. The Morgan fingerprint density at radius 3 is 2.81 bits per heavy atom. The summed E-state index contributed by atoms with van der Waals surface area (Å²) in [5, 5.41) is 3.29. The molecule has 0 saturated carbocycles. The first-order valence-corrected chi connectivity index (χ1v) is 7.28. The van der Waals surface area contributed by atoms with E-state index in [9.17, 15) is 4.79 Å². The molecule has 21 heavy (non-hydrogen) atoms. The van der Waals surface area contributed by atoms with Gasteiger partial charge in [0.05, 0.1) is 13.0 Å². The van der Waals surface area contributed by atoms with E-state index >= 15 is 0 Å². The molecule has 1 heterocycles. The van der Waals surface area contributed by atoms with Gasteiger partial charge in [0.2, 0.25) is 5.91 Å². The van der Waals surface area contributed by atoms with Crippen LogP contribution in [0.2, 0.25) is 0 Å². The van der Waals surface area contributed by atoms with Crippen molar-refractivity contribution in [3.05, 3.63) is 29.3 Å². The molecule has 1 aliphatic rings. The van der Waals surface area contributed by atoms with Crippen LogP contribution >= 0.6 is 12.4 Å². The summed E-state index contributed by atoms with van der Waals surface area (Å²) in [7, 11) is 0. The van der Waals surface area contributed by atoms with E-state index in [4.69, 9.17) is 4.74 Å². The molecule has 0 bridgehead atoms. The molecule has 0 aromatic heterocycles. The summed E-state index contributed by atoms with van der Waals surface area (Å²) in [6.07, 6.45) is 0.442. The lowest BCUT2D eigenvalue weighted by atomic mass is 10.1. The van der Waals surface area contributed by atoms with E-state index in [0.29, 0.717) is 13.0 Å². The fourth-order valence-electron chi connectivity index (χ4n) is 2.42. The largest absolute Gasteiger partial charge is 0.493 e. The van der Waals surface area contributed by atoms with Crippen molar-refractivity contribution < 1.29 is 9.53 Å². The van der Waals surface area contributed by atoms with Crippen molar-refractivity contribution >= 4 is 18.3 Å². The summed E-state index contributed by atoms with van der Waals surface area (Å²) in [5.74, 6) is 1.03. The van der Waals surface area contributed by atoms with Crippen LogP contribution in [0.4, 0.5) is 0 Å². The van der Waals surface area contributed by atoms with E-state index in [-0.39, 0.29) is 24.4 Å². The molecule has 1 fully saturated rings. The molecule has 5 heteroatoms. The number of hydrogen-bond donors (Lipinski definition) is 1. The molecule has 118 valence electrons. The molecule has 0 spiro atoms. The van der Waals surface area contributed by atoms with Crippen LogP contribution in [-0.4, -0.2) is 43.1 Å². The second kappa shape index (κ2) is 8.25. The number of nitrogens with zero attached hydrogens (tertiary/aromatic N) is 1. The molecular weight excluding hydrogens is 288 g/mol. The van der Waals surface area contributed by atoms with Gasteiger partial charge in [-0.25, -0.2) is 0 Å². The third-order valence-corrected chi connectivity index (χ3v) is 3.88. The highest BCUT2D eigenvalue weighted by atomic mass is 35.5. The highest BCUT2D eigenvalue weighted by Gasteiger charge is 2.22. The van der Waals surface area contributed by atoms with Crippen molar-refractivity contribution in [1.82, 2.24) is 10.2 Å². The molecule has 1 aromatic rings. The van der Waals surface area contributed by atoms with Crippen molar-refractivity contribution in [2.45, 2.75) is 33.2 Å². The third-order valence-electron chi connectivity index (χ3n) is 3.88. The molecule has 0 unspecified atom stereocenters. The third kappa shape index (κ3) is 4.90. The van der Waals surface area contributed by atoms with Gasteiger partial charge >= 0.3 is 0 Å². The van der Waals surface area contributed by atoms with E-state index in [2.05, 4.69) is 26.1 Å². The Morgan fingerprint density at radius 2 is 2.14 bits per heavy atom. The van der Waals surface area contributed by atoms with E-state index in [1.165, 1.54) is 11.1 Å². The minimum Gasteiger partial charge on any atom is -0.493 e. The van der Waals surface area contributed by atoms with Crippen LogP contribution in [0.5, 0.6) is 5.75 Å². The van der Waals surface area contributed by atoms with Gasteiger partial charge in [0.25, 0.3) is 0 Å². The molecule has 1 N–H and O–H groups in total. The zero-order valence-electron chi connectivity index (χ0n) is 13.0. The van der Waals surface area contributed by atoms with E-state index in [0.717, 1.165) is 25.4 Å². The number of carbonyl (C=O) groups is 1. The molecular formula is C16H25ClN2O2. The zero-order valence-corrected chi connectivity index (χ0v) is 13.8. The first-order valence-electron chi connectivity index (χ1n) is 7.28. The van der Waals surface area contributed by atoms with E-state index in [1.807, 2.05) is 23.1 Å². The Bertz CT molecular complexity index is 479. The van der Waals surface area contributed by atoms with Gasteiger partial charge < -0.3 is 15.0 Å². The molecule has 1 saturated heterocycles. The molecule has 1 atom stereocenters. The molecule has 4 nitrogen and oxygen atoms in total. The number of carbonyl (C=O) groups excluding carboxylic acids is 1. The monoisotopic (exact) mass is 312 g/mol. The number of rotatable bonds is 4. The number of aryl methyl sites for hydroxylation is 2. The maximum atomic E-state index is 12.1. The summed E-state index contributed by atoms with van der Waals surface area (Å²) in [4.78, 5) is 14.1. The Morgan fingerprint density at radius 1 is 1.38 bits per heavy atom. The van der Waals surface area contributed by atoms with Crippen LogP contribution in [-0.2, 0) is 4.79 Å². The molecule has 2 rings (SSSR count). The first-order chi connectivity index (χ1) is 9.58. The Kier molecular flexibility index (Phi) is 6.99. The second-order valence-electron chi connectivity index (χ2n) is 5.48. The smallest absolute Gasteiger partial charge is 0.226 e. The van der Waals surface area contributed by atoms with Crippen LogP contribution in [0.3, 0.4) is 0 Å². The predicted molar refractivity (Wildman–Crippen MR) is 87.3 cm³/mol. The second-order valence-corrected chi connectivity index (χ2v) is 5.48. The molecule has 1 amide bonds. The maximum absolute atomic E-state index is 12.1. The zero-order chi connectivity index (χ0) is 14.5. The quantitative estimate of drug-likeness (QED) is 0.927. The van der Waals surface area contributed by atoms with Gasteiger partial charge in [-0.2, -0.15) is 0 Å². The number of halogens is 1. The Labute approximate surface area is 133 Å². The fraction of sp³-hybridized carbons (Fsp3) is 0.562. The number of hydrogen-bond acceptors (Lipinski definition) is 3. The standard InChI is InChI=1S/C16H24N2O2.ClH/c1-12-4-5-15(10-13(12)2)20-9-6-16(19)18-8-7-17-11-14(18)3;/h4-5,10,14,17H,6-9,11H2,1-3H3;1H/t14-;/m0./s1. The molecule has 1 aromatic carbocycles. The Balaban J connectivity index is 0.00000220. The van der Waals surface area contributed by atoms with Gasteiger partial charge in [0.15, 0.2) is 0 Å². The van der Waals surface area contributed by atoms with E-state index < -0.39 is 0 Å². The Hall–Kier alpha value is -1.26. The average molecular weight is 313 g/mol. The lowest BCUT2D eigenvalue weighted by Gasteiger charge is -2.34.